The molecule has 0 amide bonds. The Balaban J connectivity index is 2.42. The van der Waals surface area contributed by atoms with Gasteiger partial charge in [0.1, 0.15) is 43.2 Å². The molecule has 0 aromatic carbocycles. The minimum Gasteiger partial charge on any atom is -0.462 e. The zero-order valence-electron chi connectivity index (χ0n) is 38.7. The van der Waals surface area contributed by atoms with Crippen molar-refractivity contribution in [2.24, 2.45) is 0 Å². The Kier molecular flexibility index (Phi) is 36.3. The van der Waals surface area contributed by atoms with Crippen LogP contribution in [-0.2, 0) is 32.7 Å². The molecule has 0 aliphatic heterocycles. The molecule has 1 fully saturated rings. The summed E-state index contributed by atoms with van der Waals surface area (Å²) < 4.78 is 33.6. The summed E-state index contributed by atoms with van der Waals surface area (Å²) in [7, 11) is -5.12. The topological polar surface area (TPSA) is 210 Å². The van der Waals surface area contributed by atoms with Gasteiger partial charge in [-0.05, 0) is 44.9 Å². The van der Waals surface area contributed by atoms with Gasteiger partial charge in [-0.3, -0.25) is 18.6 Å². The molecule has 0 aromatic heterocycles. The van der Waals surface area contributed by atoms with E-state index in [2.05, 4.69) is 38.2 Å². The first kappa shape index (κ1) is 58.3. The van der Waals surface area contributed by atoms with Crippen LogP contribution >= 0.6 is 7.82 Å². The molecule has 0 aromatic rings. The second-order valence-corrected chi connectivity index (χ2v) is 18.7. The fourth-order valence-corrected chi connectivity index (χ4v) is 8.53. The van der Waals surface area contributed by atoms with Crippen molar-refractivity contribution in [3.8, 4) is 0 Å². The summed E-state index contributed by atoms with van der Waals surface area (Å²) in [4.78, 5) is 35.8. The molecule has 62 heavy (non-hydrogen) atoms. The number of aliphatic hydroxyl groups excluding tert-OH is 5. The molecule has 1 aliphatic rings. The Hall–Kier alpha value is -1.67. The number of carbonyl (C=O) groups is 2. The molecular formula is C48H89O13P. The summed E-state index contributed by atoms with van der Waals surface area (Å²) in [5.41, 5.74) is 0. The van der Waals surface area contributed by atoms with Gasteiger partial charge in [-0.25, -0.2) is 4.57 Å². The molecule has 14 heteroatoms. The van der Waals surface area contributed by atoms with Gasteiger partial charge in [0.2, 0.25) is 0 Å². The van der Waals surface area contributed by atoms with E-state index in [0.717, 1.165) is 64.2 Å². The highest BCUT2D eigenvalue weighted by Gasteiger charge is 2.51. The van der Waals surface area contributed by atoms with Crippen LogP contribution in [0.25, 0.3) is 0 Å². The Labute approximate surface area is 375 Å². The first-order valence-corrected chi connectivity index (χ1v) is 26.1. The molecule has 0 spiro atoms. The van der Waals surface area contributed by atoms with Crippen LogP contribution in [0.15, 0.2) is 24.3 Å². The number of allylic oxidation sites excluding steroid dienone is 4. The summed E-state index contributed by atoms with van der Waals surface area (Å²) in [6, 6.07) is 0. The van der Waals surface area contributed by atoms with Crippen LogP contribution in [0.2, 0.25) is 0 Å². The Morgan fingerprint density at radius 3 is 1.34 bits per heavy atom. The summed E-state index contributed by atoms with van der Waals surface area (Å²) in [5, 5.41) is 50.2. The summed E-state index contributed by atoms with van der Waals surface area (Å²) in [6.07, 6.45) is 29.4. The van der Waals surface area contributed by atoms with Crippen molar-refractivity contribution in [2.75, 3.05) is 13.2 Å². The van der Waals surface area contributed by atoms with Gasteiger partial charge < -0.3 is 39.9 Å². The van der Waals surface area contributed by atoms with Crippen LogP contribution in [0, 0.1) is 0 Å². The molecule has 0 bridgehead atoms. The first-order chi connectivity index (χ1) is 29.9. The zero-order valence-corrected chi connectivity index (χ0v) is 39.6. The molecule has 1 aliphatic carbocycles. The lowest BCUT2D eigenvalue weighted by Crippen LogP contribution is -2.64. The summed E-state index contributed by atoms with van der Waals surface area (Å²) in [6.45, 7) is 3.28. The van der Waals surface area contributed by atoms with Crippen LogP contribution in [0.3, 0.4) is 0 Å². The number of hydrogen-bond donors (Lipinski definition) is 6. The van der Waals surface area contributed by atoms with Crippen LogP contribution < -0.4 is 0 Å². The number of ether oxygens (including phenoxy) is 2. The van der Waals surface area contributed by atoms with Gasteiger partial charge >= 0.3 is 19.8 Å². The maximum Gasteiger partial charge on any atom is 0.472 e. The average Bonchev–Trinajstić information content (AvgIpc) is 3.25. The van der Waals surface area contributed by atoms with E-state index >= 15 is 0 Å². The normalized spacial score (nSPS) is 22.0. The zero-order chi connectivity index (χ0) is 45.7. The first-order valence-electron chi connectivity index (χ1n) is 24.6. The number of rotatable bonds is 41. The van der Waals surface area contributed by atoms with E-state index in [-0.39, 0.29) is 12.8 Å². The molecular weight excluding hydrogens is 815 g/mol. The second-order valence-electron chi connectivity index (χ2n) is 17.3. The lowest BCUT2D eigenvalue weighted by atomic mass is 9.85. The number of carbonyl (C=O) groups excluding carboxylic acids is 2. The number of aliphatic hydroxyl groups is 5. The maximum absolute atomic E-state index is 12.8. The minimum atomic E-state index is -5.12. The van der Waals surface area contributed by atoms with E-state index in [0.29, 0.717) is 12.8 Å². The van der Waals surface area contributed by atoms with Crippen molar-refractivity contribution in [1.29, 1.82) is 0 Å². The molecule has 1 rings (SSSR count). The number of hydrogen-bond acceptors (Lipinski definition) is 12. The molecule has 1 saturated carbocycles. The van der Waals surface area contributed by atoms with E-state index in [1.54, 1.807) is 0 Å². The van der Waals surface area contributed by atoms with Crippen molar-refractivity contribution >= 4 is 19.8 Å². The third kappa shape index (κ3) is 30.5. The SMILES string of the molecule is CCCCC/C=C/C/C=C/CCCCCCCC(=O)O[C@@H](COC(=O)CCCCCCCCCCCCCCCCCCCC)COP(=O)(O)OC1C(O)C(O)C(O)[C@H](O)C1O. The lowest BCUT2D eigenvalue weighted by Gasteiger charge is -2.41. The molecule has 0 heterocycles. The smallest absolute Gasteiger partial charge is 0.462 e. The third-order valence-electron chi connectivity index (χ3n) is 11.5. The van der Waals surface area contributed by atoms with Crippen molar-refractivity contribution in [3.63, 3.8) is 0 Å². The Morgan fingerprint density at radius 2 is 0.871 bits per heavy atom. The fourth-order valence-electron chi connectivity index (χ4n) is 7.55. The lowest BCUT2D eigenvalue weighted by molar-refractivity contribution is -0.220. The van der Waals surface area contributed by atoms with E-state index in [4.69, 9.17) is 18.5 Å². The van der Waals surface area contributed by atoms with Gasteiger partial charge in [-0.15, -0.1) is 0 Å². The highest BCUT2D eigenvalue weighted by atomic mass is 31.2. The molecule has 364 valence electrons. The average molecular weight is 905 g/mol. The van der Waals surface area contributed by atoms with Crippen molar-refractivity contribution in [3.05, 3.63) is 24.3 Å². The highest BCUT2D eigenvalue weighted by molar-refractivity contribution is 7.47. The second kappa shape index (κ2) is 38.6. The van der Waals surface area contributed by atoms with Crippen molar-refractivity contribution in [2.45, 2.75) is 256 Å². The fraction of sp³-hybridized carbons (Fsp3) is 0.875. The van der Waals surface area contributed by atoms with Gasteiger partial charge in [0.15, 0.2) is 6.10 Å². The van der Waals surface area contributed by atoms with Gasteiger partial charge in [-0.2, -0.15) is 0 Å². The van der Waals surface area contributed by atoms with Crippen molar-refractivity contribution in [1.82, 2.24) is 0 Å². The molecule has 8 atom stereocenters. The molecule has 13 nitrogen and oxygen atoms in total. The van der Waals surface area contributed by atoms with E-state index in [1.807, 2.05) is 0 Å². The van der Waals surface area contributed by atoms with E-state index < -0.39 is 75.7 Å². The van der Waals surface area contributed by atoms with E-state index in [9.17, 15) is 44.6 Å². The Bertz CT molecular complexity index is 1180. The quantitative estimate of drug-likeness (QED) is 0.0146. The highest BCUT2D eigenvalue weighted by Crippen LogP contribution is 2.47. The van der Waals surface area contributed by atoms with Gasteiger partial charge in [0.05, 0.1) is 6.61 Å². The van der Waals surface area contributed by atoms with Crippen LogP contribution in [0.4, 0.5) is 0 Å². The van der Waals surface area contributed by atoms with Crippen LogP contribution in [0.5, 0.6) is 0 Å². The number of phosphoric acid groups is 1. The minimum absolute atomic E-state index is 0.0834. The van der Waals surface area contributed by atoms with Crippen molar-refractivity contribution < 1.29 is 63.1 Å². The Morgan fingerprint density at radius 1 is 0.500 bits per heavy atom. The predicted molar refractivity (Wildman–Crippen MR) is 244 cm³/mol. The summed E-state index contributed by atoms with van der Waals surface area (Å²) >= 11 is 0. The van der Waals surface area contributed by atoms with Gasteiger partial charge in [0, 0.05) is 12.8 Å². The standard InChI is InChI=1S/C48H89O13P/c1-3-5-7-9-11-13-15-17-19-20-21-23-24-26-28-30-32-34-36-41(49)58-38-40(39-59-62(56,57)61-48-46(54)44(52)43(51)45(53)47(48)55)60-42(50)37-35-33-31-29-27-25-22-18-16-14-12-10-8-6-4-2/h12,14,18,22,40,43-48,51-55H,3-11,13,15-17,19-21,23-39H2,1-2H3,(H,56,57)/b14-12+,22-18+/t40-,43?,44-,45?,46?,47?,48?/m0/s1. The third-order valence-corrected chi connectivity index (χ3v) is 12.5. The monoisotopic (exact) mass is 905 g/mol. The number of esters is 2. The molecule has 0 radical (unpaired) electrons. The molecule has 0 saturated heterocycles. The maximum atomic E-state index is 12.8. The number of phosphoric ester groups is 1. The summed E-state index contributed by atoms with van der Waals surface area (Å²) in [5.74, 6) is -1.11. The predicted octanol–water partition coefficient (Wildman–Crippen LogP) is 10.0. The van der Waals surface area contributed by atoms with E-state index in [1.165, 1.54) is 109 Å². The van der Waals surface area contributed by atoms with Crippen LogP contribution in [0.1, 0.15) is 213 Å². The van der Waals surface area contributed by atoms with Gasteiger partial charge in [0.25, 0.3) is 0 Å². The molecule has 6 N–H and O–H groups in total. The van der Waals surface area contributed by atoms with Gasteiger partial charge in [-0.1, -0.05) is 179 Å². The number of unbranched alkanes of at least 4 members (excludes halogenated alkanes) is 25. The molecule has 6 unspecified atom stereocenters. The largest absolute Gasteiger partial charge is 0.472 e. The van der Waals surface area contributed by atoms with Crippen LogP contribution in [-0.4, -0.2) is 98.3 Å².